The van der Waals surface area contributed by atoms with E-state index in [1.54, 1.807) is 6.07 Å². The van der Waals surface area contributed by atoms with Crippen molar-refractivity contribution in [2.24, 2.45) is 5.14 Å². The van der Waals surface area contributed by atoms with Crippen LogP contribution >= 0.6 is 11.6 Å². The molecule has 1 aliphatic heterocycles. The highest BCUT2D eigenvalue weighted by Gasteiger charge is 2.45. The molecule has 0 spiro atoms. The summed E-state index contributed by atoms with van der Waals surface area (Å²) in [6.45, 7) is 3.73. The first kappa shape index (κ1) is 18.6. The summed E-state index contributed by atoms with van der Waals surface area (Å²) < 4.78 is 38.8. The Balaban J connectivity index is 2.17. The molecule has 1 saturated heterocycles. The van der Waals surface area contributed by atoms with Crippen LogP contribution in [0.25, 0.3) is 0 Å². The summed E-state index contributed by atoms with van der Waals surface area (Å²) in [6.07, 6.45) is 0.893. The van der Waals surface area contributed by atoms with E-state index in [-0.39, 0.29) is 12.7 Å². The van der Waals surface area contributed by atoms with E-state index in [9.17, 15) is 8.42 Å². The smallest absolute Gasteiger partial charge is 0.333 e. The van der Waals surface area contributed by atoms with Gasteiger partial charge in [0, 0.05) is 11.4 Å². The van der Waals surface area contributed by atoms with Gasteiger partial charge in [0.1, 0.15) is 6.10 Å². The van der Waals surface area contributed by atoms with Gasteiger partial charge in [-0.05, 0) is 24.5 Å². The number of rotatable bonds is 7. The molecule has 8 heteroatoms. The molecule has 1 fully saturated rings. The molecule has 0 radical (unpaired) electrons. The predicted molar refractivity (Wildman–Crippen MR) is 87.3 cm³/mol. The van der Waals surface area contributed by atoms with Crippen LogP contribution in [0.4, 0.5) is 0 Å². The average molecular weight is 364 g/mol. The fraction of sp³-hybridized carbons (Fsp3) is 0.600. The van der Waals surface area contributed by atoms with E-state index in [1.807, 2.05) is 32.0 Å². The van der Waals surface area contributed by atoms with Gasteiger partial charge in [0.2, 0.25) is 0 Å². The Bertz CT molecular complexity index is 633. The maximum absolute atomic E-state index is 11.0. The fourth-order valence-corrected chi connectivity index (χ4v) is 3.21. The minimum absolute atomic E-state index is 0.185. The average Bonchev–Trinajstić information content (AvgIpc) is 2.86. The molecule has 1 heterocycles. The van der Waals surface area contributed by atoms with Crippen LogP contribution < -0.4 is 5.14 Å². The van der Waals surface area contributed by atoms with E-state index in [0.29, 0.717) is 24.3 Å². The quantitative estimate of drug-likeness (QED) is 0.803. The molecule has 0 amide bonds. The normalized spacial score (nSPS) is 24.0. The van der Waals surface area contributed by atoms with Crippen LogP contribution in [0.3, 0.4) is 0 Å². The van der Waals surface area contributed by atoms with Crippen molar-refractivity contribution in [3.8, 4) is 0 Å². The third kappa shape index (κ3) is 4.89. The number of hydrogen-bond acceptors (Lipinski definition) is 5. The monoisotopic (exact) mass is 363 g/mol. The zero-order valence-electron chi connectivity index (χ0n) is 13.2. The summed E-state index contributed by atoms with van der Waals surface area (Å²) in [7, 11) is -4.03. The fourth-order valence-electron chi connectivity index (χ4n) is 2.67. The van der Waals surface area contributed by atoms with Gasteiger partial charge in [-0.2, -0.15) is 8.42 Å². The molecule has 6 nitrogen and oxygen atoms in total. The Kier molecular flexibility index (Phi) is 6.05. The maximum Gasteiger partial charge on any atom is 0.333 e. The van der Waals surface area contributed by atoms with E-state index < -0.39 is 22.2 Å². The SMILES string of the molecule is CCC1(CC)OC(COS(N)(=O)=O)C(Cc2ccccc2Cl)O1. The molecular weight excluding hydrogens is 342 g/mol. The zero-order valence-corrected chi connectivity index (χ0v) is 14.8. The van der Waals surface area contributed by atoms with E-state index in [0.717, 1.165) is 5.56 Å². The highest BCUT2D eigenvalue weighted by atomic mass is 35.5. The van der Waals surface area contributed by atoms with Crippen LogP contribution in [0.15, 0.2) is 24.3 Å². The second-order valence-electron chi connectivity index (χ2n) is 5.50. The van der Waals surface area contributed by atoms with Gasteiger partial charge >= 0.3 is 10.3 Å². The molecule has 1 aromatic carbocycles. The van der Waals surface area contributed by atoms with Crippen LogP contribution in [0.5, 0.6) is 0 Å². The number of nitrogens with two attached hydrogens (primary N) is 1. The van der Waals surface area contributed by atoms with Crippen LogP contribution in [-0.2, 0) is 30.4 Å². The van der Waals surface area contributed by atoms with Crippen molar-refractivity contribution in [2.45, 2.75) is 51.1 Å². The van der Waals surface area contributed by atoms with Crippen LogP contribution in [0, 0.1) is 0 Å². The Morgan fingerprint density at radius 3 is 2.39 bits per heavy atom. The van der Waals surface area contributed by atoms with Crippen molar-refractivity contribution in [2.75, 3.05) is 6.61 Å². The van der Waals surface area contributed by atoms with Crippen molar-refractivity contribution in [1.29, 1.82) is 0 Å². The summed E-state index contributed by atoms with van der Waals surface area (Å²) in [5.74, 6) is -0.738. The molecule has 23 heavy (non-hydrogen) atoms. The first-order valence-corrected chi connectivity index (χ1v) is 9.39. The molecule has 2 N–H and O–H groups in total. The molecule has 0 aromatic heterocycles. The van der Waals surface area contributed by atoms with Crippen LogP contribution in [0.1, 0.15) is 32.3 Å². The highest BCUT2D eigenvalue weighted by molar-refractivity contribution is 7.84. The van der Waals surface area contributed by atoms with Crippen LogP contribution in [-0.4, -0.2) is 33.0 Å². The molecule has 1 aromatic rings. The third-order valence-electron chi connectivity index (χ3n) is 4.00. The molecule has 1 aliphatic rings. The second kappa shape index (κ2) is 7.46. The summed E-state index contributed by atoms with van der Waals surface area (Å²) in [4.78, 5) is 0. The second-order valence-corrected chi connectivity index (χ2v) is 7.13. The first-order chi connectivity index (χ1) is 10.8. The summed E-state index contributed by atoms with van der Waals surface area (Å²) >= 11 is 6.20. The summed E-state index contributed by atoms with van der Waals surface area (Å²) in [5.41, 5.74) is 0.909. The summed E-state index contributed by atoms with van der Waals surface area (Å²) in [6, 6.07) is 7.44. The molecule has 0 bridgehead atoms. The van der Waals surface area contributed by atoms with Crippen molar-refractivity contribution in [3.63, 3.8) is 0 Å². The Labute approximate surface area is 142 Å². The largest absolute Gasteiger partial charge is 0.344 e. The number of hydrogen-bond donors (Lipinski definition) is 1. The molecule has 0 saturated carbocycles. The van der Waals surface area contributed by atoms with Crippen molar-refractivity contribution >= 4 is 21.9 Å². The maximum atomic E-state index is 11.0. The lowest BCUT2D eigenvalue weighted by molar-refractivity contribution is -0.180. The van der Waals surface area contributed by atoms with Crippen LogP contribution in [0.2, 0.25) is 5.02 Å². The number of ether oxygens (including phenoxy) is 2. The third-order valence-corrected chi connectivity index (χ3v) is 4.83. The van der Waals surface area contributed by atoms with Gasteiger partial charge in [0.25, 0.3) is 0 Å². The Morgan fingerprint density at radius 2 is 1.83 bits per heavy atom. The van der Waals surface area contributed by atoms with E-state index in [1.165, 1.54) is 0 Å². The van der Waals surface area contributed by atoms with Gasteiger partial charge in [0.05, 0.1) is 12.7 Å². The number of benzene rings is 1. The van der Waals surface area contributed by atoms with Gasteiger partial charge < -0.3 is 9.47 Å². The lowest BCUT2D eigenvalue weighted by Gasteiger charge is -2.25. The molecule has 2 atom stereocenters. The molecule has 130 valence electrons. The lowest BCUT2D eigenvalue weighted by atomic mass is 10.0. The van der Waals surface area contributed by atoms with E-state index in [4.69, 9.17) is 30.4 Å². The van der Waals surface area contributed by atoms with Gasteiger partial charge in [-0.1, -0.05) is 43.6 Å². The minimum Gasteiger partial charge on any atom is -0.344 e. The van der Waals surface area contributed by atoms with Crippen molar-refractivity contribution in [1.82, 2.24) is 0 Å². The molecule has 0 aliphatic carbocycles. The Morgan fingerprint density at radius 1 is 1.22 bits per heavy atom. The predicted octanol–water partition coefficient (Wildman–Crippen LogP) is 2.40. The van der Waals surface area contributed by atoms with E-state index in [2.05, 4.69) is 0 Å². The van der Waals surface area contributed by atoms with Gasteiger partial charge in [-0.3, -0.25) is 4.18 Å². The first-order valence-electron chi connectivity index (χ1n) is 7.55. The number of halogens is 1. The van der Waals surface area contributed by atoms with Gasteiger partial charge in [-0.15, -0.1) is 0 Å². The molecule has 2 rings (SSSR count). The van der Waals surface area contributed by atoms with E-state index >= 15 is 0 Å². The molecular formula is C15H22ClNO5S. The summed E-state index contributed by atoms with van der Waals surface area (Å²) in [5, 5.41) is 5.53. The standard InChI is InChI=1S/C15H22ClNO5S/c1-3-15(4-2)21-13(9-11-7-5-6-8-12(11)16)14(22-15)10-20-23(17,18)19/h5-8,13-14H,3-4,9-10H2,1-2H3,(H2,17,18,19). The van der Waals surface area contributed by atoms with Gasteiger partial charge in [-0.25, -0.2) is 5.14 Å². The minimum atomic E-state index is -4.03. The van der Waals surface area contributed by atoms with Crippen molar-refractivity contribution < 1.29 is 22.1 Å². The van der Waals surface area contributed by atoms with Crippen molar-refractivity contribution in [3.05, 3.63) is 34.9 Å². The lowest BCUT2D eigenvalue weighted by Crippen LogP contribution is -2.32. The highest BCUT2D eigenvalue weighted by Crippen LogP contribution is 2.36. The topological polar surface area (TPSA) is 87.9 Å². The zero-order chi connectivity index (χ0) is 17.1. The Hall–Kier alpha value is -0.700. The van der Waals surface area contributed by atoms with Gasteiger partial charge in [0.15, 0.2) is 5.79 Å². The molecule has 2 unspecified atom stereocenters.